The van der Waals surface area contributed by atoms with Crippen LogP contribution in [0.1, 0.15) is 31.1 Å². The number of aromatic nitrogens is 2. The monoisotopic (exact) mass is 274 g/mol. The number of nitrogens with one attached hydrogen (secondary N) is 1. The molecule has 0 aliphatic carbocycles. The van der Waals surface area contributed by atoms with Crippen LogP contribution in [0.5, 0.6) is 5.75 Å². The first-order valence-corrected chi connectivity index (χ1v) is 6.79. The lowest BCUT2D eigenvalue weighted by Crippen LogP contribution is -2.29. The van der Waals surface area contributed by atoms with E-state index >= 15 is 0 Å². The lowest BCUT2D eigenvalue weighted by atomic mass is 10.0. The van der Waals surface area contributed by atoms with Crippen LogP contribution in [0.15, 0.2) is 36.5 Å². The maximum Gasteiger partial charge on any atom is 0.120 e. The maximum atomic E-state index is 5.72. The second-order valence-corrected chi connectivity index (χ2v) is 5.14. The van der Waals surface area contributed by atoms with Gasteiger partial charge in [0.15, 0.2) is 0 Å². The zero-order chi connectivity index (χ0) is 14.5. The Kier molecular flexibility index (Phi) is 4.76. The van der Waals surface area contributed by atoms with E-state index in [0.717, 1.165) is 23.4 Å². The van der Waals surface area contributed by atoms with Crippen LogP contribution < -0.4 is 16.0 Å². The van der Waals surface area contributed by atoms with Crippen molar-refractivity contribution in [2.75, 3.05) is 0 Å². The fourth-order valence-corrected chi connectivity index (χ4v) is 2.13. The number of aryl methyl sites for hydroxylation is 1. The van der Waals surface area contributed by atoms with Gasteiger partial charge in [-0.25, -0.2) is 0 Å². The van der Waals surface area contributed by atoms with Crippen LogP contribution >= 0.6 is 0 Å². The molecule has 1 aromatic heterocycles. The Hall–Kier alpha value is -1.85. The number of benzene rings is 1. The van der Waals surface area contributed by atoms with E-state index in [0.29, 0.717) is 0 Å². The topological polar surface area (TPSA) is 65.1 Å². The molecule has 2 rings (SSSR count). The zero-order valence-corrected chi connectivity index (χ0v) is 12.2. The molecule has 1 aromatic carbocycles. The Balaban J connectivity index is 2.14. The van der Waals surface area contributed by atoms with Crippen molar-refractivity contribution in [3.63, 3.8) is 0 Å². The molecule has 0 bridgehead atoms. The molecule has 0 aliphatic heterocycles. The molecule has 5 heteroatoms. The molecular formula is C15H22N4O. The normalized spacial score (nSPS) is 12.7. The quantitative estimate of drug-likeness (QED) is 0.624. The molecule has 1 heterocycles. The standard InChI is InChI=1S/C15H22N4O/c1-11(2)20-14-6-4-5-12(9-14)15(17-16)10-13-7-8-19(3)18-13/h4-9,11,15,17H,10,16H2,1-3H3. The summed E-state index contributed by atoms with van der Waals surface area (Å²) in [7, 11) is 1.91. The number of hydrogen-bond donors (Lipinski definition) is 2. The second-order valence-electron chi connectivity index (χ2n) is 5.14. The highest BCUT2D eigenvalue weighted by Gasteiger charge is 2.13. The van der Waals surface area contributed by atoms with Gasteiger partial charge in [0.2, 0.25) is 0 Å². The molecule has 0 spiro atoms. The van der Waals surface area contributed by atoms with Crippen LogP contribution in [0.25, 0.3) is 0 Å². The number of rotatable bonds is 6. The van der Waals surface area contributed by atoms with Crippen molar-refractivity contribution in [2.45, 2.75) is 32.4 Å². The van der Waals surface area contributed by atoms with Gasteiger partial charge in [0, 0.05) is 19.7 Å². The average Bonchev–Trinajstić information content (AvgIpc) is 2.81. The molecule has 0 aliphatic rings. The SMILES string of the molecule is CC(C)Oc1cccc(C(Cc2ccn(C)n2)NN)c1. The highest BCUT2D eigenvalue weighted by molar-refractivity contribution is 5.31. The lowest BCUT2D eigenvalue weighted by Gasteiger charge is -2.17. The molecular weight excluding hydrogens is 252 g/mol. The van der Waals surface area contributed by atoms with E-state index in [-0.39, 0.29) is 12.1 Å². The van der Waals surface area contributed by atoms with Gasteiger partial charge in [0.1, 0.15) is 5.75 Å². The molecule has 108 valence electrons. The van der Waals surface area contributed by atoms with E-state index in [1.807, 2.05) is 57.4 Å². The molecule has 3 N–H and O–H groups in total. The number of ether oxygens (including phenoxy) is 1. The van der Waals surface area contributed by atoms with E-state index in [2.05, 4.69) is 10.5 Å². The number of hydrazine groups is 1. The predicted octanol–water partition coefficient (Wildman–Crippen LogP) is 1.95. The van der Waals surface area contributed by atoms with Gasteiger partial charge in [-0.2, -0.15) is 5.10 Å². The van der Waals surface area contributed by atoms with Gasteiger partial charge in [-0.05, 0) is 37.6 Å². The van der Waals surface area contributed by atoms with Crippen molar-refractivity contribution in [1.82, 2.24) is 15.2 Å². The summed E-state index contributed by atoms with van der Waals surface area (Å²) in [5.74, 6) is 6.55. The van der Waals surface area contributed by atoms with Crippen LogP contribution in [0.3, 0.4) is 0 Å². The van der Waals surface area contributed by atoms with Gasteiger partial charge >= 0.3 is 0 Å². The van der Waals surface area contributed by atoms with E-state index < -0.39 is 0 Å². The molecule has 0 saturated carbocycles. The fourth-order valence-electron chi connectivity index (χ4n) is 2.13. The van der Waals surface area contributed by atoms with Gasteiger partial charge in [-0.3, -0.25) is 16.0 Å². The summed E-state index contributed by atoms with van der Waals surface area (Å²) < 4.78 is 7.51. The summed E-state index contributed by atoms with van der Waals surface area (Å²) >= 11 is 0. The van der Waals surface area contributed by atoms with E-state index in [9.17, 15) is 0 Å². The van der Waals surface area contributed by atoms with Gasteiger partial charge in [-0.1, -0.05) is 12.1 Å². The van der Waals surface area contributed by atoms with Crippen LogP contribution in [0.4, 0.5) is 0 Å². The predicted molar refractivity (Wildman–Crippen MR) is 79.2 cm³/mol. The van der Waals surface area contributed by atoms with Crippen molar-refractivity contribution in [3.05, 3.63) is 47.8 Å². The Morgan fingerprint density at radius 1 is 1.35 bits per heavy atom. The molecule has 2 aromatic rings. The summed E-state index contributed by atoms with van der Waals surface area (Å²) in [5, 5.41) is 4.38. The fraction of sp³-hybridized carbons (Fsp3) is 0.400. The zero-order valence-electron chi connectivity index (χ0n) is 12.2. The first-order chi connectivity index (χ1) is 9.58. The van der Waals surface area contributed by atoms with Crippen molar-refractivity contribution >= 4 is 0 Å². The Morgan fingerprint density at radius 3 is 2.75 bits per heavy atom. The minimum atomic E-state index is 0.0145. The van der Waals surface area contributed by atoms with Crippen LogP contribution in [0, 0.1) is 0 Å². The molecule has 0 radical (unpaired) electrons. The smallest absolute Gasteiger partial charge is 0.120 e. The summed E-state index contributed by atoms with van der Waals surface area (Å²) in [5.41, 5.74) is 4.95. The maximum absolute atomic E-state index is 5.72. The average molecular weight is 274 g/mol. The van der Waals surface area contributed by atoms with Gasteiger partial charge in [0.25, 0.3) is 0 Å². The molecule has 1 atom stereocenters. The van der Waals surface area contributed by atoms with Crippen molar-refractivity contribution in [3.8, 4) is 5.75 Å². The first kappa shape index (κ1) is 14.6. The van der Waals surface area contributed by atoms with Gasteiger partial charge < -0.3 is 4.74 Å². The van der Waals surface area contributed by atoms with Gasteiger partial charge in [0.05, 0.1) is 17.8 Å². The third-order valence-electron chi connectivity index (χ3n) is 3.02. The van der Waals surface area contributed by atoms with E-state index in [1.165, 1.54) is 0 Å². The Labute approximate surface area is 119 Å². The van der Waals surface area contributed by atoms with Crippen LogP contribution in [-0.2, 0) is 13.5 Å². The van der Waals surface area contributed by atoms with E-state index in [1.54, 1.807) is 4.68 Å². The van der Waals surface area contributed by atoms with Crippen molar-refractivity contribution in [1.29, 1.82) is 0 Å². The number of nitrogens with two attached hydrogens (primary N) is 1. The summed E-state index contributed by atoms with van der Waals surface area (Å²) in [4.78, 5) is 0. The van der Waals surface area contributed by atoms with Gasteiger partial charge in [-0.15, -0.1) is 0 Å². The third kappa shape index (κ3) is 3.82. The number of nitrogens with zero attached hydrogens (tertiary/aromatic N) is 2. The molecule has 1 unspecified atom stereocenters. The van der Waals surface area contributed by atoms with Crippen LogP contribution in [-0.4, -0.2) is 15.9 Å². The Bertz CT molecular complexity index is 550. The Morgan fingerprint density at radius 2 is 2.15 bits per heavy atom. The highest BCUT2D eigenvalue weighted by Crippen LogP contribution is 2.22. The summed E-state index contributed by atoms with van der Waals surface area (Å²) in [6, 6.07) is 10.0. The summed E-state index contributed by atoms with van der Waals surface area (Å²) in [6.45, 7) is 4.03. The second kappa shape index (κ2) is 6.54. The molecule has 20 heavy (non-hydrogen) atoms. The van der Waals surface area contributed by atoms with Crippen molar-refractivity contribution < 1.29 is 4.74 Å². The van der Waals surface area contributed by atoms with Crippen molar-refractivity contribution in [2.24, 2.45) is 12.9 Å². The summed E-state index contributed by atoms with van der Waals surface area (Å²) in [6.07, 6.45) is 2.83. The lowest BCUT2D eigenvalue weighted by molar-refractivity contribution is 0.242. The largest absolute Gasteiger partial charge is 0.491 e. The first-order valence-electron chi connectivity index (χ1n) is 6.79. The van der Waals surface area contributed by atoms with Crippen LogP contribution in [0.2, 0.25) is 0 Å². The third-order valence-corrected chi connectivity index (χ3v) is 3.02. The molecule has 5 nitrogen and oxygen atoms in total. The molecule has 0 amide bonds. The molecule has 0 fully saturated rings. The highest BCUT2D eigenvalue weighted by atomic mass is 16.5. The minimum Gasteiger partial charge on any atom is -0.491 e. The van der Waals surface area contributed by atoms with E-state index in [4.69, 9.17) is 10.6 Å². The number of hydrogen-bond acceptors (Lipinski definition) is 4. The molecule has 0 saturated heterocycles. The minimum absolute atomic E-state index is 0.0145.